The van der Waals surface area contributed by atoms with Gasteiger partial charge in [0, 0.05) is 31.9 Å². The third-order valence-electron chi connectivity index (χ3n) is 5.15. The van der Waals surface area contributed by atoms with Gasteiger partial charge in [-0.1, -0.05) is 6.07 Å². The summed E-state index contributed by atoms with van der Waals surface area (Å²) in [5.41, 5.74) is 3.14. The molecule has 5 rings (SSSR count). The summed E-state index contributed by atoms with van der Waals surface area (Å²) in [4.78, 5) is 26.3. The first kappa shape index (κ1) is 20.4. The number of aromatic amines is 1. The molecule has 11 nitrogen and oxygen atoms in total. The molecule has 1 aliphatic heterocycles. The number of nitrogens with one attached hydrogen (secondary N) is 4. The Morgan fingerprint density at radius 3 is 2.91 bits per heavy atom. The van der Waals surface area contributed by atoms with Crippen LogP contribution in [0, 0.1) is 5.82 Å². The number of H-pyrrole nitrogens is 1. The minimum absolute atomic E-state index is 0.0438. The molecule has 0 radical (unpaired) electrons. The average molecular weight is 449 g/mol. The van der Waals surface area contributed by atoms with Gasteiger partial charge in [0.1, 0.15) is 0 Å². The molecule has 4 aromatic rings. The molecule has 0 unspecified atom stereocenters. The number of amides is 1. The van der Waals surface area contributed by atoms with Gasteiger partial charge in [-0.3, -0.25) is 4.79 Å². The van der Waals surface area contributed by atoms with Crippen molar-refractivity contribution < 1.29 is 13.9 Å². The Labute approximate surface area is 187 Å². The summed E-state index contributed by atoms with van der Waals surface area (Å²) in [5, 5.41) is 17.2. The van der Waals surface area contributed by atoms with Gasteiger partial charge in [0.2, 0.25) is 5.95 Å². The average Bonchev–Trinajstić information content (AvgIpc) is 3.38. The number of aromatic nitrogens is 6. The zero-order valence-electron chi connectivity index (χ0n) is 17.8. The number of benzene rings is 1. The smallest absolute Gasteiger partial charge is 0.255 e. The molecule has 0 aliphatic carbocycles. The van der Waals surface area contributed by atoms with Crippen molar-refractivity contribution in [2.24, 2.45) is 7.05 Å². The molecule has 1 amide bonds. The number of carbonyl (C=O) groups excluding carboxylic acids is 1. The zero-order valence-corrected chi connectivity index (χ0v) is 17.8. The van der Waals surface area contributed by atoms with E-state index >= 15 is 0 Å². The molecule has 0 fully saturated rings. The second kappa shape index (κ2) is 8.22. The number of hydrogen-bond donors (Lipinski definition) is 4. The van der Waals surface area contributed by atoms with E-state index in [1.165, 1.54) is 18.0 Å². The number of methoxy groups -OCH3 is 1. The van der Waals surface area contributed by atoms with Crippen LogP contribution in [0.25, 0.3) is 11.4 Å². The first-order valence-electron chi connectivity index (χ1n) is 10.1. The molecular weight excluding hydrogens is 429 g/mol. The maximum absolute atomic E-state index is 14.3. The van der Waals surface area contributed by atoms with Crippen molar-refractivity contribution in [3.05, 3.63) is 53.7 Å². The van der Waals surface area contributed by atoms with E-state index in [-0.39, 0.29) is 11.7 Å². The minimum atomic E-state index is -0.518. The summed E-state index contributed by atoms with van der Waals surface area (Å²) < 4.78 is 19.5. The fraction of sp³-hybridized carbons (Fsp3) is 0.190. The Morgan fingerprint density at radius 2 is 2.12 bits per heavy atom. The van der Waals surface area contributed by atoms with Gasteiger partial charge in [0.15, 0.2) is 17.4 Å². The third-order valence-corrected chi connectivity index (χ3v) is 5.15. The monoisotopic (exact) mass is 449 g/mol. The van der Waals surface area contributed by atoms with Crippen LogP contribution in [-0.2, 0) is 13.5 Å². The molecule has 0 saturated heterocycles. The number of aryl methyl sites for hydroxylation is 1. The predicted molar refractivity (Wildman–Crippen MR) is 118 cm³/mol. The van der Waals surface area contributed by atoms with Gasteiger partial charge in [-0.05, 0) is 18.2 Å². The minimum Gasteiger partial charge on any atom is -0.492 e. The molecule has 0 spiro atoms. The fourth-order valence-electron chi connectivity index (χ4n) is 3.72. The summed E-state index contributed by atoms with van der Waals surface area (Å²) in [6.45, 7) is 0.512. The number of para-hydroxylation sites is 1. The Kier molecular flexibility index (Phi) is 5.09. The van der Waals surface area contributed by atoms with Gasteiger partial charge in [-0.15, -0.1) is 5.10 Å². The molecule has 1 aliphatic rings. The number of halogens is 1. The number of hydrogen-bond acceptors (Lipinski definition) is 8. The van der Waals surface area contributed by atoms with Crippen LogP contribution in [0.1, 0.15) is 16.1 Å². The maximum Gasteiger partial charge on any atom is 0.255 e. The molecule has 4 heterocycles. The molecule has 3 aromatic heterocycles. The van der Waals surface area contributed by atoms with Crippen molar-refractivity contribution in [3.63, 3.8) is 0 Å². The highest BCUT2D eigenvalue weighted by Gasteiger charge is 2.28. The highest BCUT2D eigenvalue weighted by atomic mass is 19.1. The number of rotatable bonds is 6. The molecule has 1 aromatic carbocycles. The summed E-state index contributed by atoms with van der Waals surface area (Å²) in [6.07, 6.45) is 3.76. The number of nitrogens with zero attached hydrogens (tertiary/aromatic N) is 5. The molecule has 0 saturated carbocycles. The van der Waals surface area contributed by atoms with Gasteiger partial charge < -0.3 is 25.7 Å². The molecular formula is C21H20FN9O2. The van der Waals surface area contributed by atoms with Crippen molar-refractivity contribution in [1.82, 2.24) is 35.3 Å². The van der Waals surface area contributed by atoms with E-state index in [2.05, 4.69) is 41.1 Å². The van der Waals surface area contributed by atoms with Crippen molar-refractivity contribution in [2.45, 2.75) is 6.42 Å². The van der Waals surface area contributed by atoms with Crippen LogP contribution < -0.4 is 20.7 Å². The van der Waals surface area contributed by atoms with Crippen LogP contribution in [0.5, 0.6) is 5.75 Å². The first-order valence-corrected chi connectivity index (χ1v) is 10.1. The Morgan fingerprint density at radius 1 is 1.24 bits per heavy atom. The highest BCUT2D eigenvalue weighted by Crippen LogP contribution is 2.39. The van der Waals surface area contributed by atoms with Crippen molar-refractivity contribution >= 4 is 29.0 Å². The van der Waals surface area contributed by atoms with Gasteiger partial charge in [0.05, 0.1) is 41.6 Å². The lowest BCUT2D eigenvalue weighted by Gasteiger charge is -2.16. The third kappa shape index (κ3) is 3.82. The van der Waals surface area contributed by atoms with Crippen LogP contribution in [0.15, 0.2) is 36.7 Å². The van der Waals surface area contributed by atoms with Gasteiger partial charge in [-0.25, -0.2) is 14.4 Å². The van der Waals surface area contributed by atoms with Crippen molar-refractivity contribution in [2.75, 3.05) is 24.3 Å². The zero-order chi connectivity index (χ0) is 22.9. The van der Waals surface area contributed by atoms with E-state index in [1.807, 2.05) is 0 Å². The first-order chi connectivity index (χ1) is 16.0. The predicted octanol–water partition coefficient (Wildman–Crippen LogP) is 2.52. The lowest BCUT2D eigenvalue weighted by Crippen LogP contribution is -2.31. The van der Waals surface area contributed by atoms with E-state index in [4.69, 9.17) is 4.74 Å². The SMILES string of the molecule is COc1c(F)cccc1Nc1c(-c2ccnc(Nc3cnn(C)n3)n2)[nH]c2c1C(=O)NCC2. The fourth-order valence-corrected chi connectivity index (χ4v) is 3.72. The molecule has 168 valence electrons. The highest BCUT2D eigenvalue weighted by molar-refractivity contribution is 6.06. The summed E-state index contributed by atoms with van der Waals surface area (Å²) in [5.74, 6) is 0.0864. The lowest BCUT2D eigenvalue weighted by atomic mass is 10.1. The van der Waals surface area contributed by atoms with Crippen molar-refractivity contribution in [1.29, 1.82) is 0 Å². The molecule has 12 heteroatoms. The summed E-state index contributed by atoms with van der Waals surface area (Å²) in [7, 11) is 3.09. The van der Waals surface area contributed by atoms with Gasteiger partial charge in [-0.2, -0.15) is 9.90 Å². The van der Waals surface area contributed by atoms with Crippen LogP contribution in [0.2, 0.25) is 0 Å². The Balaban J connectivity index is 1.59. The maximum atomic E-state index is 14.3. The summed E-state index contributed by atoms with van der Waals surface area (Å²) >= 11 is 0. The van der Waals surface area contributed by atoms with Crippen LogP contribution in [0.4, 0.5) is 27.5 Å². The van der Waals surface area contributed by atoms with Crippen LogP contribution in [-0.4, -0.2) is 49.5 Å². The number of carbonyl (C=O) groups is 1. The number of anilines is 4. The van der Waals surface area contributed by atoms with Gasteiger partial charge >= 0.3 is 0 Å². The second-order valence-electron chi connectivity index (χ2n) is 7.29. The molecule has 33 heavy (non-hydrogen) atoms. The quantitative estimate of drug-likeness (QED) is 0.353. The molecule has 0 bridgehead atoms. The Hall–Kier alpha value is -4.48. The molecule has 0 atom stereocenters. The van der Waals surface area contributed by atoms with E-state index in [1.54, 1.807) is 37.6 Å². The van der Waals surface area contributed by atoms with Crippen LogP contribution in [0.3, 0.4) is 0 Å². The normalized spacial score (nSPS) is 12.8. The topological polar surface area (TPSA) is 135 Å². The van der Waals surface area contributed by atoms with E-state index < -0.39 is 5.82 Å². The molecule has 4 N–H and O–H groups in total. The summed E-state index contributed by atoms with van der Waals surface area (Å²) in [6, 6.07) is 6.25. The Bertz CT molecular complexity index is 1350. The van der Waals surface area contributed by atoms with Gasteiger partial charge in [0.25, 0.3) is 5.91 Å². The lowest BCUT2D eigenvalue weighted by molar-refractivity contribution is 0.0947. The van der Waals surface area contributed by atoms with Crippen LogP contribution >= 0.6 is 0 Å². The largest absolute Gasteiger partial charge is 0.492 e. The van der Waals surface area contributed by atoms with Crippen molar-refractivity contribution in [3.8, 4) is 17.1 Å². The van der Waals surface area contributed by atoms with E-state index in [9.17, 15) is 9.18 Å². The standard InChI is InChI=1S/C21H20FN9O2/c1-31-25-10-15(30-31)29-21-24-9-7-13(28-21)17-18(16-12(26-17)6-8-23-20(16)32)27-14-5-3-4-11(22)19(14)33-2/h3-5,7,9-10,26-27H,6,8H2,1-2H3,(H,23,32)(H,24,28,29,30). The second-order valence-corrected chi connectivity index (χ2v) is 7.29. The van der Waals surface area contributed by atoms with E-state index in [0.29, 0.717) is 53.1 Å². The number of ether oxygens (including phenoxy) is 1. The van der Waals surface area contributed by atoms with E-state index in [0.717, 1.165) is 5.69 Å². The number of fused-ring (bicyclic) bond motifs is 1.